The fourth-order valence-electron chi connectivity index (χ4n) is 6.15. The molecular weight excluding hydrogens is 563 g/mol. The minimum absolute atomic E-state index is 0. The van der Waals surface area contributed by atoms with Crippen LogP contribution in [-0.4, -0.2) is 75.8 Å². The predicted molar refractivity (Wildman–Crippen MR) is 144 cm³/mol. The van der Waals surface area contributed by atoms with Gasteiger partial charge >= 0.3 is 0 Å². The van der Waals surface area contributed by atoms with Crippen LogP contribution in [0, 0.1) is 22.9 Å². The summed E-state index contributed by atoms with van der Waals surface area (Å²) in [4.78, 5) is 30.8. The van der Waals surface area contributed by atoms with Crippen LogP contribution in [0.2, 0.25) is 0 Å². The highest BCUT2D eigenvalue weighted by Gasteiger charge is 2.51. The lowest BCUT2D eigenvalue weighted by Gasteiger charge is -2.52. The van der Waals surface area contributed by atoms with Gasteiger partial charge in [-0.3, -0.25) is 4.79 Å². The molecule has 4 aliphatic rings. The highest BCUT2D eigenvalue weighted by Crippen LogP contribution is 2.57. The standard InChI is InChI=1S/C27H30F3N7O3.ClH/c1-36-10-12-37(13-11-36)25-31-9-2-18(33-25)23-34-24(35-40-23)27-6-3-26(4-7-27,5-8-27)15-32-22(39)16-14-17(28)21(38)20(30)19(16)29;/h2,9,14,38H,3-8,10-13,15H2,1H3,(H,32,39);1H. The van der Waals surface area contributed by atoms with E-state index in [1.807, 2.05) is 0 Å². The Morgan fingerprint density at radius 3 is 2.41 bits per heavy atom. The summed E-state index contributed by atoms with van der Waals surface area (Å²) in [5.74, 6) is -5.46. The first-order valence-electron chi connectivity index (χ1n) is 13.4. The molecule has 0 radical (unpaired) electrons. The molecule has 3 aromatic rings. The Hall–Kier alpha value is -3.45. The molecule has 1 aromatic carbocycles. The quantitative estimate of drug-likeness (QED) is 0.411. The van der Waals surface area contributed by atoms with Gasteiger partial charge in [0.2, 0.25) is 11.8 Å². The van der Waals surface area contributed by atoms with Gasteiger partial charge in [0.05, 0.1) is 5.56 Å². The van der Waals surface area contributed by atoms with Gasteiger partial charge in [0.15, 0.2) is 23.2 Å². The number of benzene rings is 1. The Morgan fingerprint density at radius 1 is 1.05 bits per heavy atom. The van der Waals surface area contributed by atoms with Crippen molar-refractivity contribution < 1.29 is 27.6 Å². The van der Waals surface area contributed by atoms with Crippen LogP contribution in [-0.2, 0) is 5.41 Å². The van der Waals surface area contributed by atoms with Crippen molar-refractivity contribution in [1.82, 2.24) is 30.3 Å². The zero-order valence-corrected chi connectivity index (χ0v) is 23.3. The molecule has 1 saturated heterocycles. The second-order valence-electron chi connectivity index (χ2n) is 11.3. The first-order chi connectivity index (χ1) is 19.2. The van der Waals surface area contributed by atoms with Crippen LogP contribution in [0.4, 0.5) is 19.1 Å². The average Bonchev–Trinajstić information content (AvgIpc) is 3.50. The van der Waals surface area contributed by atoms with Gasteiger partial charge < -0.3 is 24.7 Å². The Kier molecular flexibility index (Phi) is 7.86. The summed E-state index contributed by atoms with van der Waals surface area (Å²) in [6, 6.07) is 2.27. The summed E-state index contributed by atoms with van der Waals surface area (Å²) >= 11 is 0. The van der Waals surface area contributed by atoms with Crippen molar-refractivity contribution in [2.75, 3.05) is 44.7 Å². The molecule has 0 spiro atoms. The number of aromatic hydroxyl groups is 1. The molecule has 7 rings (SSSR count). The Morgan fingerprint density at radius 2 is 1.73 bits per heavy atom. The number of phenolic OH excluding ortho intramolecular Hbond substituents is 1. The molecule has 4 fully saturated rings. The van der Waals surface area contributed by atoms with Crippen LogP contribution in [0.1, 0.15) is 54.7 Å². The van der Waals surface area contributed by atoms with E-state index in [1.54, 1.807) is 12.3 Å². The van der Waals surface area contributed by atoms with Crippen LogP contribution < -0.4 is 10.2 Å². The van der Waals surface area contributed by atoms with E-state index in [-0.39, 0.29) is 29.8 Å². The van der Waals surface area contributed by atoms with Gasteiger partial charge in [0.1, 0.15) is 5.69 Å². The van der Waals surface area contributed by atoms with Crippen molar-refractivity contribution in [2.45, 2.75) is 43.9 Å². The van der Waals surface area contributed by atoms with Crippen LogP contribution in [0.15, 0.2) is 22.9 Å². The fraction of sp³-hybridized carbons (Fsp3) is 0.519. The number of rotatable bonds is 6. The number of carbonyl (C=O) groups is 1. The lowest BCUT2D eigenvalue weighted by molar-refractivity contribution is 0.0334. The SMILES string of the molecule is CN1CCN(c2nccc(-c3nc(C45CCC(CNC(=O)c6cc(F)c(O)c(F)c6F)(CC4)CC5)no3)n2)CC1.Cl. The zero-order valence-electron chi connectivity index (χ0n) is 22.5. The van der Waals surface area contributed by atoms with Crippen molar-refractivity contribution >= 4 is 24.3 Å². The zero-order chi connectivity index (χ0) is 28.1. The summed E-state index contributed by atoms with van der Waals surface area (Å²) in [6.07, 6.45) is 6.39. The van der Waals surface area contributed by atoms with Gasteiger partial charge in [-0.05, 0) is 63.1 Å². The largest absolute Gasteiger partial charge is 0.503 e. The maximum atomic E-state index is 14.1. The van der Waals surface area contributed by atoms with Crippen molar-refractivity contribution in [3.05, 3.63) is 47.2 Å². The van der Waals surface area contributed by atoms with Crippen LogP contribution in [0.3, 0.4) is 0 Å². The molecule has 0 atom stereocenters. The summed E-state index contributed by atoms with van der Waals surface area (Å²) in [5.41, 5.74) is -0.642. The molecule has 10 nitrogen and oxygen atoms in total. The minimum atomic E-state index is -1.78. The van der Waals surface area contributed by atoms with Crippen molar-refractivity contribution in [3.63, 3.8) is 0 Å². The molecule has 1 aliphatic heterocycles. The molecule has 3 aliphatic carbocycles. The van der Waals surface area contributed by atoms with Gasteiger partial charge in [-0.1, -0.05) is 5.16 Å². The van der Waals surface area contributed by atoms with Crippen LogP contribution in [0.25, 0.3) is 11.6 Å². The van der Waals surface area contributed by atoms with E-state index < -0.39 is 34.7 Å². The van der Waals surface area contributed by atoms with E-state index in [0.717, 1.165) is 64.7 Å². The second-order valence-corrected chi connectivity index (χ2v) is 11.3. The average molecular weight is 594 g/mol. The van der Waals surface area contributed by atoms with Crippen molar-refractivity contribution in [1.29, 1.82) is 0 Å². The smallest absolute Gasteiger partial charge is 0.276 e. The molecule has 3 saturated carbocycles. The molecule has 2 N–H and O–H groups in total. The maximum absolute atomic E-state index is 14.1. The predicted octanol–water partition coefficient (Wildman–Crippen LogP) is 3.85. The third-order valence-electron chi connectivity index (χ3n) is 8.95. The Balaban J connectivity index is 0.00000337. The number of hydrogen-bond acceptors (Lipinski definition) is 9. The van der Waals surface area contributed by atoms with E-state index in [1.165, 1.54) is 0 Å². The molecule has 3 heterocycles. The van der Waals surface area contributed by atoms with Crippen molar-refractivity contribution in [2.24, 2.45) is 5.41 Å². The number of piperazine rings is 1. The molecule has 41 heavy (non-hydrogen) atoms. The van der Waals surface area contributed by atoms with Gasteiger partial charge in [-0.25, -0.2) is 18.7 Å². The normalized spacial score (nSPS) is 24.2. The number of carbonyl (C=O) groups excluding carboxylic acids is 1. The molecule has 1 amide bonds. The lowest BCUT2D eigenvalue weighted by atomic mass is 9.53. The van der Waals surface area contributed by atoms with E-state index >= 15 is 0 Å². The van der Waals surface area contributed by atoms with E-state index in [9.17, 15) is 23.1 Å². The topological polar surface area (TPSA) is 121 Å². The number of phenols is 1. The first-order valence-corrected chi connectivity index (χ1v) is 13.4. The number of likely N-dealkylation sites (N-methyl/N-ethyl adjacent to an activating group) is 1. The number of nitrogens with zero attached hydrogens (tertiary/aromatic N) is 6. The van der Waals surface area contributed by atoms with E-state index in [4.69, 9.17) is 9.51 Å². The second kappa shape index (κ2) is 11.1. The summed E-state index contributed by atoms with van der Waals surface area (Å²) in [5, 5.41) is 16.2. The number of nitrogens with one attached hydrogen (secondary N) is 1. The summed E-state index contributed by atoms with van der Waals surface area (Å²) in [6.45, 7) is 3.82. The lowest BCUT2D eigenvalue weighted by Crippen LogP contribution is -2.49. The number of anilines is 1. The maximum Gasteiger partial charge on any atom is 0.276 e. The number of fused-ring (bicyclic) bond motifs is 3. The number of halogens is 4. The molecule has 2 bridgehead atoms. The first kappa shape index (κ1) is 29.1. The highest BCUT2D eigenvalue weighted by molar-refractivity contribution is 5.94. The van der Waals surface area contributed by atoms with Crippen LogP contribution >= 0.6 is 12.4 Å². The number of hydrogen-bond donors (Lipinski definition) is 2. The van der Waals surface area contributed by atoms with Gasteiger partial charge in [-0.15, -0.1) is 12.4 Å². The summed E-state index contributed by atoms with van der Waals surface area (Å²) < 4.78 is 47.2. The fourth-order valence-corrected chi connectivity index (χ4v) is 6.15. The van der Waals surface area contributed by atoms with Crippen LogP contribution in [0.5, 0.6) is 5.75 Å². The molecule has 14 heteroatoms. The van der Waals surface area contributed by atoms with Crippen molar-refractivity contribution in [3.8, 4) is 17.3 Å². The molecule has 2 aromatic heterocycles. The Bertz CT molecular complexity index is 1420. The summed E-state index contributed by atoms with van der Waals surface area (Å²) in [7, 11) is 2.09. The van der Waals surface area contributed by atoms with Gasteiger partial charge in [0.25, 0.3) is 11.8 Å². The monoisotopic (exact) mass is 593 g/mol. The van der Waals surface area contributed by atoms with E-state index in [0.29, 0.717) is 29.4 Å². The molecular formula is C27H31ClF3N7O3. The number of aromatic nitrogens is 4. The van der Waals surface area contributed by atoms with Gasteiger partial charge in [0, 0.05) is 44.3 Å². The third kappa shape index (κ3) is 5.32. The molecule has 0 unspecified atom stereocenters. The number of amides is 1. The highest BCUT2D eigenvalue weighted by atomic mass is 35.5. The third-order valence-corrected chi connectivity index (χ3v) is 8.95. The van der Waals surface area contributed by atoms with Gasteiger partial charge in [-0.2, -0.15) is 9.37 Å². The minimum Gasteiger partial charge on any atom is -0.503 e. The molecule has 220 valence electrons. The Labute approximate surface area is 240 Å². The van der Waals surface area contributed by atoms with E-state index in [2.05, 4.69) is 37.3 Å².